The predicted molar refractivity (Wildman–Crippen MR) is 86.0 cm³/mol. The SMILES string of the molecule is CCNCc1nc(-c2ncccn2)sc1-c1ccccc1. The molecule has 0 aliphatic rings. The summed E-state index contributed by atoms with van der Waals surface area (Å²) in [6, 6.07) is 12.2. The Labute approximate surface area is 127 Å². The van der Waals surface area contributed by atoms with Crippen molar-refractivity contribution in [1.82, 2.24) is 20.3 Å². The van der Waals surface area contributed by atoms with E-state index >= 15 is 0 Å². The lowest BCUT2D eigenvalue weighted by molar-refractivity contribution is 0.715. The van der Waals surface area contributed by atoms with Crippen LogP contribution in [0.2, 0.25) is 0 Å². The number of thiazole rings is 1. The fourth-order valence-corrected chi connectivity index (χ4v) is 3.07. The number of benzene rings is 1. The molecular formula is C16H16N4S. The zero-order chi connectivity index (χ0) is 14.5. The Morgan fingerprint density at radius 3 is 2.52 bits per heavy atom. The van der Waals surface area contributed by atoms with Gasteiger partial charge in [-0.1, -0.05) is 37.3 Å². The molecule has 0 spiro atoms. The molecule has 1 N–H and O–H groups in total. The number of hydrogen-bond donors (Lipinski definition) is 1. The van der Waals surface area contributed by atoms with Crippen LogP contribution in [0.15, 0.2) is 48.8 Å². The quantitative estimate of drug-likeness (QED) is 0.784. The van der Waals surface area contributed by atoms with Crippen LogP contribution in [-0.2, 0) is 6.54 Å². The number of nitrogens with zero attached hydrogens (tertiary/aromatic N) is 3. The molecule has 4 nitrogen and oxygen atoms in total. The largest absolute Gasteiger partial charge is 0.311 e. The van der Waals surface area contributed by atoms with Crippen molar-refractivity contribution in [3.05, 3.63) is 54.5 Å². The first-order valence-electron chi connectivity index (χ1n) is 6.91. The predicted octanol–water partition coefficient (Wildman–Crippen LogP) is 3.38. The molecule has 0 aliphatic carbocycles. The van der Waals surface area contributed by atoms with Gasteiger partial charge in [-0.05, 0) is 18.2 Å². The summed E-state index contributed by atoms with van der Waals surface area (Å²) < 4.78 is 0. The fourth-order valence-electron chi connectivity index (χ4n) is 2.04. The van der Waals surface area contributed by atoms with Crippen molar-refractivity contribution in [2.24, 2.45) is 0 Å². The van der Waals surface area contributed by atoms with Gasteiger partial charge in [0.15, 0.2) is 10.8 Å². The number of hydrogen-bond acceptors (Lipinski definition) is 5. The molecule has 0 saturated heterocycles. The van der Waals surface area contributed by atoms with Crippen molar-refractivity contribution in [3.8, 4) is 21.3 Å². The lowest BCUT2D eigenvalue weighted by Gasteiger charge is -2.02. The van der Waals surface area contributed by atoms with Crippen LogP contribution >= 0.6 is 11.3 Å². The molecular weight excluding hydrogens is 280 g/mol. The second-order valence-electron chi connectivity index (χ2n) is 4.51. The maximum absolute atomic E-state index is 4.73. The maximum Gasteiger partial charge on any atom is 0.188 e. The van der Waals surface area contributed by atoms with E-state index in [1.807, 2.05) is 24.3 Å². The number of aromatic nitrogens is 3. The molecule has 0 aliphatic heterocycles. The smallest absolute Gasteiger partial charge is 0.188 e. The van der Waals surface area contributed by atoms with Gasteiger partial charge in [-0.15, -0.1) is 11.3 Å². The van der Waals surface area contributed by atoms with Crippen molar-refractivity contribution in [3.63, 3.8) is 0 Å². The Morgan fingerprint density at radius 1 is 1.05 bits per heavy atom. The fraction of sp³-hybridized carbons (Fsp3) is 0.188. The molecule has 1 aromatic carbocycles. The third-order valence-corrected chi connectivity index (χ3v) is 4.18. The topological polar surface area (TPSA) is 50.7 Å². The normalized spacial score (nSPS) is 10.7. The van der Waals surface area contributed by atoms with Crippen LogP contribution in [0, 0.1) is 0 Å². The van der Waals surface area contributed by atoms with Gasteiger partial charge >= 0.3 is 0 Å². The molecule has 21 heavy (non-hydrogen) atoms. The Morgan fingerprint density at radius 2 is 1.81 bits per heavy atom. The maximum atomic E-state index is 4.73. The van der Waals surface area contributed by atoms with E-state index in [0.29, 0.717) is 5.82 Å². The summed E-state index contributed by atoms with van der Waals surface area (Å²) in [7, 11) is 0. The van der Waals surface area contributed by atoms with E-state index in [2.05, 4.69) is 34.3 Å². The summed E-state index contributed by atoms with van der Waals surface area (Å²) in [5.74, 6) is 0.683. The molecule has 3 rings (SSSR count). The van der Waals surface area contributed by atoms with Crippen molar-refractivity contribution in [1.29, 1.82) is 0 Å². The standard InChI is InChI=1S/C16H16N4S/c1-2-17-11-13-14(12-7-4-3-5-8-12)21-16(20-13)15-18-9-6-10-19-15/h3-10,17H,2,11H2,1H3. The number of rotatable bonds is 5. The van der Waals surface area contributed by atoms with Crippen LogP contribution in [0.5, 0.6) is 0 Å². The highest BCUT2D eigenvalue weighted by Crippen LogP contribution is 2.34. The van der Waals surface area contributed by atoms with Gasteiger partial charge in [0, 0.05) is 18.9 Å². The first kappa shape index (κ1) is 13.9. The summed E-state index contributed by atoms with van der Waals surface area (Å²) in [6.45, 7) is 3.77. The lowest BCUT2D eigenvalue weighted by atomic mass is 10.1. The van der Waals surface area contributed by atoms with E-state index in [1.165, 1.54) is 10.4 Å². The second-order valence-corrected chi connectivity index (χ2v) is 5.51. The minimum Gasteiger partial charge on any atom is -0.311 e. The highest BCUT2D eigenvalue weighted by atomic mass is 32.1. The van der Waals surface area contributed by atoms with E-state index in [1.54, 1.807) is 23.7 Å². The molecule has 0 atom stereocenters. The van der Waals surface area contributed by atoms with Gasteiger partial charge in [0.25, 0.3) is 0 Å². The van der Waals surface area contributed by atoms with Crippen molar-refractivity contribution in [2.45, 2.75) is 13.5 Å². The van der Waals surface area contributed by atoms with Crippen LogP contribution in [0.1, 0.15) is 12.6 Å². The zero-order valence-electron chi connectivity index (χ0n) is 11.8. The highest BCUT2D eigenvalue weighted by Gasteiger charge is 2.15. The van der Waals surface area contributed by atoms with E-state index in [-0.39, 0.29) is 0 Å². The first-order valence-corrected chi connectivity index (χ1v) is 7.73. The van der Waals surface area contributed by atoms with E-state index in [9.17, 15) is 0 Å². The molecule has 0 radical (unpaired) electrons. The van der Waals surface area contributed by atoms with Crippen LogP contribution in [0.4, 0.5) is 0 Å². The zero-order valence-corrected chi connectivity index (χ0v) is 12.6. The van der Waals surface area contributed by atoms with Crippen LogP contribution in [0.3, 0.4) is 0 Å². The van der Waals surface area contributed by atoms with Gasteiger partial charge in [0.2, 0.25) is 0 Å². The third kappa shape index (κ3) is 3.15. The van der Waals surface area contributed by atoms with Gasteiger partial charge < -0.3 is 5.32 Å². The summed E-state index contributed by atoms with van der Waals surface area (Å²) in [5, 5.41) is 4.21. The summed E-state index contributed by atoms with van der Waals surface area (Å²) >= 11 is 1.64. The monoisotopic (exact) mass is 296 g/mol. The molecule has 5 heteroatoms. The van der Waals surface area contributed by atoms with Gasteiger partial charge in [0.05, 0.1) is 10.6 Å². The van der Waals surface area contributed by atoms with Gasteiger partial charge in [0.1, 0.15) is 0 Å². The van der Waals surface area contributed by atoms with Gasteiger partial charge in [-0.2, -0.15) is 0 Å². The molecule has 2 aromatic heterocycles. The highest BCUT2D eigenvalue weighted by molar-refractivity contribution is 7.18. The van der Waals surface area contributed by atoms with Crippen LogP contribution < -0.4 is 5.32 Å². The average molecular weight is 296 g/mol. The Kier molecular flexibility index (Phi) is 4.33. The summed E-state index contributed by atoms with van der Waals surface area (Å²) in [6.07, 6.45) is 3.49. The Balaban J connectivity index is 2.03. The van der Waals surface area contributed by atoms with Crippen molar-refractivity contribution in [2.75, 3.05) is 6.54 Å². The minimum atomic E-state index is 0.683. The van der Waals surface area contributed by atoms with E-state index in [0.717, 1.165) is 23.8 Å². The van der Waals surface area contributed by atoms with Crippen molar-refractivity contribution >= 4 is 11.3 Å². The second kappa shape index (κ2) is 6.56. The van der Waals surface area contributed by atoms with Gasteiger partial charge in [-0.25, -0.2) is 15.0 Å². The Hall–Kier alpha value is -2.11. The average Bonchev–Trinajstić information content (AvgIpc) is 2.99. The minimum absolute atomic E-state index is 0.683. The van der Waals surface area contributed by atoms with E-state index in [4.69, 9.17) is 4.98 Å². The molecule has 106 valence electrons. The molecule has 2 heterocycles. The first-order chi connectivity index (χ1) is 10.4. The van der Waals surface area contributed by atoms with Gasteiger partial charge in [-0.3, -0.25) is 0 Å². The molecule has 0 unspecified atom stereocenters. The summed E-state index contributed by atoms with van der Waals surface area (Å²) in [5.41, 5.74) is 2.24. The molecule has 0 saturated carbocycles. The van der Waals surface area contributed by atoms with Crippen molar-refractivity contribution < 1.29 is 0 Å². The van der Waals surface area contributed by atoms with Crippen LogP contribution in [-0.4, -0.2) is 21.5 Å². The van der Waals surface area contributed by atoms with Crippen LogP contribution in [0.25, 0.3) is 21.3 Å². The van der Waals surface area contributed by atoms with E-state index < -0.39 is 0 Å². The molecule has 0 fully saturated rings. The lowest BCUT2D eigenvalue weighted by Crippen LogP contribution is -2.12. The Bertz CT molecular complexity index is 695. The molecule has 0 amide bonds. The molecule has 0 bridgehead atoms. The molecule has 3 aromatic rings. The number of nitrogens with one attached hydrogen (secondary N) is 1. The summed E-state index contributed by atoms with van der Waals surface area (Å²) in [4.78, 5) is 14.5. The third-order valence-electron chi connectivity index (χ3n) is 3.03.